The molecule has 7 nitrogen and oxygen atoms in total. The third kappa shape index (κ3) is 4.30. The maximum atomic E-state index is 13.0. The van der Waals surface area contributed by atoms with Crippen LogP contribution in [0.1, 0.15) is 34.8 Å². The second-order valence-corrected chi connectivity index (χ2v) is 7.47. The predicted molar refractivity (Wildman–Crippen MR) is 117 cm³/mol. The number of nitrogens with zero attached hydrogens (tertiary/aromatic N) is 4. The highest BCUT2D eigenvalue weighted by Crippen LogP contribution is 2.36. The third-order valence-corrected chi connectivity index (χ3v) is 5.16. The number of para-hydroxylation sites is 1. The summed E-state index contributed by atoms with van der Waals surface area (Å²) in [6.07, 6.45) is 2.19. The van der Waals surface area contributed by atoms with Gasteiger partial charge in [0.25, 0.3) is 5.91 Å². The molecule has 4 aromatic rings. The molecule has 7 heteroatoms. The second kappa shape index (κ2) is 8.39. The van der Waals surface area contributed by atoms with Gasteiger partial charge < -0.3 is 10.1 Å². The van der Waals surface area contributed by atoms with Gasteiger partial charge in [-0.15, -0.1) is 5.10 Å². The molecular formula is C24H21N5O2. The van der Waals surface area contributed by atoms with Gasteiger partial charge in [-0.25, -0.2) is 4.68 Å². The van der Waals surface area contributed by atoms with E-state index in [1.54, 1.807) is 6.07 Å². The highest BCUT2D eigenvalue weighted by atomic mass is 16.5. The smallest absolute Gasteiger partial charge is 0.256 e. The van der Waals surface area contributed by atoms with E-state index >= 15 is 0 Å². The van der Waals surface area contributed by atoms with E-state index in [0.717, 1.165) is 35.5 Å². The number of amides is 1. The van der Waals surface area contributed by atoms with Crippen molar-refractivity contribution in [2.75, 3.05) is 5.32 Å². The number of anilines is 1. The lowest BCUT2D eigenvalue weighted by Crippen LogP contribution is -2.15. The summed E-state index contributed by atoms with van der Waals surface area (Å²) in [5.41, 5.74) is 2.95. The maximum Gasteiger partial charge on any atom is 0.256 e. The molecule has 0 bridgehead atoms. The van der Waals surface area contributed by atoms with E-state index in [4.69, 9.17) is 4.74 Å². The zero-order chi connectivity index (χ0) is 21.0. The summed E-state index contributed by atoms with van der Waals surface area (Å²) < 4.78 is 7.70. The first-order valence-electron chi connectivity index (χ1n) is 10.2. The van der Waals surface area contributed by atoms with Gasteiger partial charge in [0.15, 0.2) is 5.82 Å². The quantitative estimate of drug-likeness (QED) is 0.484. The van der Waals surface area contributed by atoms with Crippen LogP contribution in [0.4, 0.5) is 5.69 Å². The Morgan fingerprint density at radius 1 is 1.00 bits per heavy atom. The topological polar surface area (TPSA) is 81.9 Å². The number of hydrogen-bond donors (Lipinski definition) is 1. The van der Waals surface area contributed by atoms with Crippen LogP contribution < -0.4 is 10.1 Å². The van der Waals surface area contributed by atoms with E-state index in [2.05, 4.69) is 20.8 Å². The van der Waals surface area contributed by atoms with E-state index in [-0.39, 0.29) is 5.91 Å². The Bertz CT molecular complexity index is 1200. The van der Waals surface area contributed by atoms with Crippen molar-refractivity contribution in [2.45, 2.75) is 25.5 Å². The van der Waals surface area contributed by atoms with Gasteiger partial charge in [-0.05, 0) is 53.6 Å². The number of hydrogen-bond acceptors (Lipinski definition) is 5. The molecule has 1 fully saturated rings. The Morgan fingerprint density at radius 2 is 1.81 bits per heavy atom. The van der Waals surface area contributed by atoms with Crippen molar-refractivity contribution >= 4 is 11.6 Å². The number of nitrogens with one attached hydrogen (secondary N) is 1. The second-order valence-electron chi connectivity index (χ2n) is 7.47. The maximum absolute atomic E-state index is 13.0. The van der Waals surface area contributed by atoms with Gasteiger partial charge in [0.05, 0.1) is 6.04 Å². The molecule has 1 saturated carbocycles. The molecule has 0 saturated heterocycles. The standard InChI is InChI=1S/C24H21N5O2/c30-24(22-12-5-4-7-18(22)16-31-21-10-2-1-3-11-21)25-19-9-6-8-17(15-19)23-26-27-28-29(23)20-13-14-20/h1-12,15,20H,13-14,16H2,(H,25,30). The van der Waals surface area contributed by atoms with E-state index < -0.39 is 0 Å². The molecule has 154 valence electrons. The van der Waals surface area contributed by atoms with E-state index in [9.17, 15) is 4.79 Å². The molecule has 1 aliphatic rings. The lowest BCUT2D eigenvalue weighted by molar-refractivity contribution is 0.102. The summed E-state index contributed by atoms with van der Waals surface area (Å²) >= 11 is 0. The predicted octanol–water partition coefficient (Wildman–Crippen LogP) is 4.51. The van der Waals surface area contributed by atoms with Crippen molar-refractivity contribution < 1.29 is 9.53 Å². The molecule has 5 rings (SSSR count). The number of carbonyl (C=O) groups excluding carboxylic acids is 1. The largest absolute Gasteiger partial charge is 0.489 e. The molecule has 31 heavy (non-hydrogen) atoms. The van der Waals surface area contributed by atoms with Gasteiger partial charge in [-0.3, -0.25) is 4.79 Å². The van der Waals surface area contributed by atoms with Crippen LogP contribution in [0.15, 0.2) is 78.9 Å². The Hall–Kier alpha value is -4.00. The summed E-state index contributed by atoms with van der Waals surface area (Å²) in [6, 6.07) is 25.0. The SMILES string of the molecule is O=C(Nc1cccc(-c2nnnn2C2CC2)c1)c1ccccc1COc1ccccc1. The fourth-order valence-electron chi connectivity index (χ4n) is 3.43. The number of benzene rings is 3. The Kier molecular flexibility index (Phi) is 5.14. The van der Waals surface area contributed by atoms with Crippen LogP contribution in [0.5, 0.6) is 5.75 Å². The average Bonchev–Trinajstić information content (AvgIpc) is 3.54. The molecule has 0 atom stereocenters. The molecule has 1 aliphatic carbocycles. The Balaban J connectivity index is 1.33. The monoisotopic (exact) mass is 411 g/mol. The van der Waals surface area contributed by atoms with E-state index in [0.29, 0.717) is 23.9 Å². The van der Waals surface area contributed by atoms with Crippen molar-refractivity contribution in [1.82, 2.24) is 20.2 Å². The number of ether oxygens (including phenoxy) is 1. The minimum absolute atomic E-state index is 0.189. The van der Waals surface area contributed by atoms with Gasteiger partial charge in [-0.2, -0.15) is 0 Å². The summed E-state index contributed by atoms with van der Waals surface area (Å²) in [6.45, 7) is 0.309. The third-order valence-electron chi connectivity index (χ3n) is 5.16. The van der Waals surface area contributed by atoms with Gasteiger partial charge in [0.2, 0.25) is 0 Å². The van der Waals surface area contributed by atoms with Crippen molar-refractivity contribution in [3.63, 3.8) is 0 Å². The molecule has 0 unspecified atom stereocenters. The van der Waals surface area contributed by atoms with Gasteiger partial charge in [0.1, 0.15) is 12.4 Å². The highest BCUT2D eigenvalue weighted by molar-refractivity contribution is 6.05. The molecule has 1 amide bonds. The molecule has 0 aliphatic heterocycles. The van der Waals surface area contributed by atoms with E-state index in [1.807, 2.05) is 77.5 Å². The summed E-state index contributed by atoms with van der Waals surface area (Å²) in [7, 11) is 0. The van der Waals surface area contributed by atoms with Crippen molar-refractivity contribution in [3.05, 3.63) is 90.0 Å². The molecule has 3 aromatic carbocycles. The van der Waals surface area contributed by atoms with Gasteiger partial charge >= 0.3 is 0 Å². The van der Waals surface area contributed by atoms with Crippen molar-refractivity contribution in [1.29, 1.82) is 0 Å². The number of rotatable bonds is 7. The molecule has 1 aromatic heterocycles. The van der Waals surface area contributed by atoms with Crippen LogP contribution in [-0.4, -0.2) is 26.1 Å². The van der Waals surface area contributed by atoms with Crippen LogP contribution in [-0.2, 0) is 6.61 Å². The first-order valence-corrected chi connectivity index (χ1v) is 10.2. The number of tetrazole rings is 1. The molecule has 1 N–H and O–H groups in total. The lowest BCUT2D eigenvalue weighted by atomic mass is 10.1. The van der Waals surface area contributed by atoms with E-state index in [1.165, 1.54) is 0 Å². The van der Waals surface area contributed by atoms with Crippen LogP contribution in [0.3, 0.4) is 0 Å². The van der Waals surface area contributed by atoms with Crippen LogP contribution >= 0.6 is 0 Å². The molecule has 0 spiro atoms. The molecule has 1 heterocycles. The Morgan fingerprint density at radius 3 is 2.65 bits per heavy atom. The Labute approximate surface area is 179 Å². The fourth-order valence-corrected chi connectivity index (χ4v) is 3.43. The van der Waals surface area contributed by atoms with Crippen LogP contribution in [0.2, 0.25) is 0 Å². The average molecular weight is 411 g/mol. The first-order chi connectivity index (χ1) is 15.3. The number of carbonyl (C=O) groups is 1. The zero-order valence-corrected chi connectivity index (χ0v) is 16.8. The normalized spacial score (nSPS) is 13.0. The summed E-state index contributed by atoms with van der Waals surface area (Å²) in [5.74, 6) is 1.29. The number of aromatic nitrogens is 4. The summed E-state index contributed by atoms with van der Waals surface area (Å²) in [5, 5.41) is 15.1. The van der Waals surface area contributed by atoms with Gasteiger partial charge in [-0.1, -0.05) is 48.5 Å². The van der Waals surface area contributed by atoms with Crippen molar-refractivity contribution in [3.8, 4) is 17.1 Å². The van der Waals surface area contributed by atoms with Crippen LogP contribution in [0, 0.1) is 0 Å². The minimum Gasteiger partial charge on any atom is -0.489 e. The first kappa shape index (κ1) is 19.0. The minimum atomic E-state index is -0.189. The summed E-state index contributed by atoms with van der Waals surface area (Å²) in [4.78, 5) is 13.0. The van der Waals surface area contributed by atoms with Gasteiger partial charge in [0, 0.05) is 22.4 Å². The molecule has 0 radical (unpaired) electrons. The van der Waals surface area contributed by atoms with Crippen LogP contribution in [0.25, 0.3) is 11.4 Å². The van der Waals surface area contributed by atoms with Crippen molar-refractivity contribution in [2.24, 2.45) is 0 Å². The fraction of sp³-hybridized carbons (Fsp3) is 0.167. The molecular weight excluding hydrogens is 390 g/mol. The zero-order valence-electron chi connectivity index (χ0n) is 16.8. The highest BCUT2D eigenvalue weighted by Gasteiger charge is 2.28. The lowest BCUT2D eigenvalue weighted by Gasteiger charge is -2.12.